The number of ether oxygens (including phenoxy) is 1. The van der Waals surface area contributed by atoms with E-state index in [4.69, 9.17) is 5.73 Å². The molecule has 1 aliphatic rings. The van der Waals surface area contributed by atoms with E-state index in [-0.39, 0.29) is 11.5 Å². The van der Waals surface area contributed by atoms with E-state index in [2.05, 4.69) is 4.74 Å². The van der Waals surface area contributed by atoms with Crippen LogP contribution in [0.4, 0.5) is 0 Å². The molecule has 80 valence electrons. The minimum Gasteiger partial charge on any atom is -0.465 e. The molecule has 1 saturated carbocycles. The lowest BCUT2D eigenvalue weighted by atomic mass is 9.98. The van der Waals surface area contributed by atoms with Crippen molar-refractivity contribution >= 4 is 5.97 Å². The number of rotatable bonds is 2. The third-order valence-electron chi connectivity index (χ3n) is 2.97. The molecule has 0 unspecified atom stereocenters. The van der Waals surface area contributed by atoms with Crippen LogP contribution in [0.3, 0.4) is 0 Å². The molecule has 3 heteroatoms. The summed E-state index contributed by atoms with van der Waals surface area (Å²) in [4.78, 5) is 11.3. The van der Waals surface area contributed by atoms with Crippen LogP contribution in [0.1, 0.15) is 34.3 Å². The van der Waals surface area contributed by atoms with Crippen molar-refractivity contribution in [1.82, 2.24) is 0 Å². The number of hydrogen-bond acceptors (Lipinski definition) is 3. The molecule has 0 radical (unpaired) electrons. The summed E-state index contributed by atoms with van der Waals surface area (Å²) in [5.74, 6) is -0.300. The maximum atomic E-state index is 11.3. The molecule has 0 bridgehead atoms. The number of nitrogens with two attached hydrogens (primary N) is 1. The molecule has 1 aromatic rings. The van der Waals surface area contributed by atoms with Gasteiger partial charge in [-0.2, -0.15) is 0 Å². The van der Waals surface area contributed by atoms with Crippen molar-refractivity contribution in [3.63, 3.8) is 0 Å². The Hall–Kier alpha value is -1.35. The van der Waals surface area contributed by atoms with Gasteiger partial charge in [0.1, 0.15) is 0 Å². The Morgan fingerprint density at radius 2 is 2.13 bits per heavy atom. The maximum absolute atomic E-state index is 11.3. The van der Waals surface area contributed by atoms with Gasteiger partial charge in [-0.15, -0.1) is 0 Å². The first-order chi connectivity index (χ1) is 7.07. The van der Waals surface area contributed by atoms with E-state index in [0.717, 1.165) is 24.0 Å². The lowest BCUT2D eigenvalue weighted by Gasteiger charge is -2.13. The van der Waals surface area contributed by atoms with Crippen molar-refractivity contribution in [2.24, 2.45) is 5.73 Å². The van der Waals surface area contributed by atoms with Crippen molar-refractivity contribution < 1.29 is 9.53 Å². The Bertz CT molecular complexity index is 408. The molecule has 0 aliphatic heterocycles. The molecular weight excluding hydrogens is 190 g/mol. The number of aryl methyl sites for hydroxylation is 1. The molecule has 0 atom stereocenters. The van der Waals surface area contributed by atoms with Crippen LogP contribution in [0, 0.1) is 6.92 Å². The highest BCUT2D eigenvalue weighted by molar-refractivity contribution is 5.89. The fourth-order valence-corrected chi connectivity index (χ4v) is 1.87. The fraction of sp³-hybridized carbons (Fsp3) is 0.417. The summed E-state index contributed by atoms with van der Waals surface area (Å²) in [6.45, 7) is 1.98. The molecular formula is C12H15NO2. The predicted octanol–water partition coefficient (Wildman–Crippen LogP) is 1.73. The molecule has 1 fully saturated rings. The van der Waals surface area contributed by atoms with E-state index in [1.165, 1.54) is 7.11 Å². The van der Waals surface area contributed by atoms with Crippen molar-refractivity contribution in [2.45, 2.75) is 25.3 Å². The van der Waals surface area contributed by atoms with Crippen molar-refractivity contribution in [3.05, 3.63) is 34.9 Å². The number of methoxy groups -OCH3 is 1. The predicted molar refractivity (Wildman–Crippen MR) is 57.6 cm³/mol. The standard InChI is InChI=1S/C12H15NO2/c1-8-7-9(11(14)15-2)3-4-10(8)12(13)5-6-12/h3-4,7H,5-6,13H2,1-2H3. The Kier molecular flexibility index (Phi) is 2.27. The monoisotopic (exact) mass is 205 g/mol. The third-order valence-corrected chi connectivity index (χ3v) is 2.97. The number of hydrogen-bond donors (Lipinski definition) is 1. The first-order valence-corrected chi connectivity index (χ1v) is 5.05. The van der Waals surface area contributed by atoms with Gasteiger partial charge in [0.05, 0.1) is 12.7 Å². The number of carbonyl (C=O) groups excluding carboxylic acids is 1. The molecule has 1 aliphatic carbocycles. The lowest BCUT2D eigenvalue weighted by molar-refractivity contribution is 0.0600. The fourth-order valence-electron chi connectivity index (χ4n) is 1.87. The minimum absolute atomic E-state index is 0.140. The van der Waals surface area contributed by atoms with Gasteiger partial charge in [-0.05, 0) is 43.0 Å². The van der Waals surface area contributed by atoms with Crippen molar-refractivity contribution in [3.8, 4) is 0 Å². The highest BCUT2D eigenvalue weighted by Gasteiger charge is 2.40. The molecule has 1 aromatic carbocycles. The first-order valence-electron chi connectivity index (χ1n) is 5.05. The van der Waals surface area contributed by atoms with E-state index in [1.807, 2.05) is 19.1 Å². The molecule has 15 heavy (non-hydrogen) atoms. The van der Waals surface area contributed by atoms with Crippen molar-refractivity contribution in [2.75, 3.05) is 7.11 Å². The van der Waals surface area contributed by atoms with Gasteiger partial charge in [0.2, 0.25) is 0 Å². The van der Waals surface area contributed by atoms with Gasteiger partial charge in [0.25, 0.3) is 0 Å². The van der Waals surface area contributed by atoms with Crippen LogP contribution in [-0.4, -0.2) is 13.1 Å². The Balaban J connectivity index is 2.35. The van der Waals surface area contributed by atoms with Crippen LogP contribution in [0.5, 0.6) is 0 Å². The first kappa shape index (κ1) is 10.2. The Morgan fingerprint density at radius 1 is 1.47 bits per heavy atom. The van der Waals surface area contributed by atoms with Gasteiger partial charge in [-0.25, -0.2) is 4.79 Å². The molecule has 0 saturated heterocycles. The van der Waals surface area contributed by atoms with E-state index < -0.39 is 0 Å². The summed E-state index contributed by atoms with van der Waals surface area (Å²) in [7, 11) is 1.39. The zero-order chi connectivity index (χ0) is 11.1. The van der Waals surface area contributed by atoms with Crippen LogP contribution < -0.4 is 5.73 Å². The van der Waals surface area contributed by atoms with Gasteiger partial charge < -0.3 is 10.5 Å². The minimum atomic E-state index is -0.300. The van der Waals surface area contributed by atoms with Crippen LogP contribution in [0.15, 0.2) is 18.2 Å². The summed E-state index contributed by atoms with van der Waals surface area (Å²) in [5.41, 5.74) is 8.77. The lowest BCUT2D eigenvalue weighted by Crippen LogP contribution is -2.20. The average Bonchev–Trinajstić information content (AvgIpc) is 2.96. The molecule has 0 heterocycles. The second-order valence-electron chi connectivity index (χ2n) is 4.18. The third kappa shape index (κ3) is 1.75. The number of esters is 1. The SMILES string of the molecule is COC(=O)c1ccc(C2(N)CC2)c(C)c1. The Labute approximate surface area is 89.2 Å². The van der Waals surface area contributed by atoms with Crippen LogP contribution in [0.25, 0.3) is 0 Å². The quantitative estimate of drug-likeness (QED) is 0.748. The van der Waals surface area contributed by atoms with Gasteiger partial charge in [-0.1, -0.05) is 6.07 Å². The van der Waals surface area contributed by atoms with Crippen LogP contribution in [0.2, 0.25) is 0 Å². The maximum Gasteiger partial charge on any atom is 0.337 e. The molecule has 0 aromatic heterocycles. The molecule has 3 nitrogen and oxygen atoms in total. The zero-order valence-electron chi connectivity index (χ0n) is 9.04. The van der Waals surface area contributed by atoms with Gasteiger partial charge in [0, 0.05) is 5.54 Å². The summed E-state index contributed by atoms with van der Waals surface area (Å²) in [5, 5.41) is 0. The number of carbonyl (C=O) groups is 1. The second kappa shape index (κ2) is 3.35. The smallest absolute Gasteiger partial charge is 0.337 e. The van der Waals surface area contributed by atoms with Gasteiger partial charge in [-0.3, -0.25) is 0 Å². The van der Waals surface area contributed by atoms with Crippen LogP contribution >= 0.6 is 0 Å². The summed E-state index contributed by atoms with van der Waals surface area (Å²) in [6, 6.07) is 5.56. The van der Waals surface area contributed by atoms with E-state index >= 15 is 0 Å². The normalized spacial score (nSPS) is 17.3. The average molecular weight is 205 g/mol. The van der Waals surface area contributed by atoms with Crippen molar-refractivity contribution in [1.29, 1.82) is 0 Å². The summed E-state index contributed by atoms with van der Waals surface area (Å²) >= 11 is 0. The van der Waals surface area contributed by atoms with E-state index in [1.54, 1.807) is 6.07 Å². The molecule has 2 rings (SSSR count). The topological polar surface area (TPSA) is 52.3 Å². The number of benzene rings is 1. The molecule has 0 amide bonds. The highest BCUT2D eigenvalue weighted by Crippen LogP contribution is 2.44. The summed E-state index contributed by atoms with van der Waals surface area (Å²) in [6.07, 6.45) is 2.07. The molecule has 0 spiro atoms. The van der Waals surface area contributed by atoms with Gasteiger partial charge in [0.15, 0.2) is 0 Å². The van der Waals surface area contributed by atoms with Crippen LogP contribution in [-0.2, 0) is 10.3 Å². The van der Waals surface area contributed by atoms with E-state index in [9.17, 15) is 4.79 Å². The second-order valence-corrected chi connectivity index (χ2v) is 4.18. The summed E-state index contributed by atoms with van der Waals surface area (Å²) < 4.78 is 4.66. The molecule has 2 N–H and O–H groups in total. The highest BCUT2D eigenvalue weighted by atomic mass is 16.5. The Morgan fingerprint density at radius 3 is 2.60 bits per heavy atom. The van der Waals surface area contributed by atoms with Gasteiger partial charge >= 0.3 is 5.97 Å². The zero-order valence-corrected chi connectivity index (χ0v) is 9.04. The van der Waals surface area contributed by atoms with E-state index in [0.29, 0.717) is 5.56 Å². The largest absolute Gasteiger partial charge is 0.465 e.